The van der Waals surface area contributed by atoms with Crippen LogP contribution in [0.5, 0.6) is 5.75 Å². The topological polar surface area (TPSA) is 22.1 Å². The molecule has 29 heavy (non-hydrogen) atoms. The van der Waals surface area contributed by atoms with E-state index in [1.165, 1.54) is 40.0 Å². The zero-order chi connectivity index (χ0) is 22.1. The van der Waals surface area contributed by atoms with E-state index >= 15 is 0 Å². The summed E-state index contributed by atoms with van der Waals surface area (Å²) in [6, 6.07) is 2.44. The Morgan fingerprint density at radius 1 is 1.17 bits per heavy atom. The molecule has 1 aromatic heterocycles. The maximum absolute atomic E-state index is 14.0. The van der Waals surface area contributed by atoms with Crippen LogP contribution < -0.4 is 4.74 Å². The highest BCUT2D eigenvalue weighted by molar-refractivity contribution is 5.76. The Morgan fingerprint density at radius 3 is 2.17 bits per heavy atom. The lowest BCUT2D eigenvalue weighted by molar-refractivity contribution is -0.138. The Morgan fingerprint density at radius 2 is 1.76 bits per heavy atom. The molecule has 0 spiro atoms. The van der Waals surface area contributed by atoms with Crippen molar-refractivity contribution in [3.8, 4) is 16.9 Å². The molecule has 1 aliphatic carbocycles. The molecule has 1 fully saturated rings. The highest BCUT2D eigenvalue weighted by atomic mass is 19.4. The predicted octanol–water partition coefficient (Wildman–Crippen LogP) is 7.28. The minimum Gasteiger partial charge on any atom is -0.496 e. The van der Waals surface area contributed by atoms with Crippen LogP contribution >= 0.6 is 0 Å². The first kappa shape index (κ1) is 23.2. The third-order valence-electron chi connectivity index (χ3n) is 6.24. The van der Waals surface area contributed by atoms with E-state index in [0.717, 1.165) is 17.4 Å². The smallest absolute Gasteiger partial charge is 0.416 e. The van der Waals surface area contributed by atoms with Crippen molar-refractivity contribution >= 4 is 0 Å². The molecular weight excluding hydrogens is 382 g/mol. The highest BCUT2D eigenvalue weighted by Gasteiger charge is 2.44. The molecule has 3 rings (SSSR count). The molecule has 6 heteroatoms. The minimum absolute atomic E-state index is 0.0262. The lowest BCUT2D eigenvalue weighted by Gasteiger charge is -2.19. The van der Waals surface area contributed by atoms with Gasteiger partial charge < -0.3 is 4.74 Å². The van der Waals surface area contributed by atoms with E-state index in [9.17, 15) is 17.6 Å². The van der Waals surface area contributed by atoms with Crippen molar-refractivity contribution in [3.63, 3.8) is 0 Å². The number of pyridine rings is 1. The molecule has 0 saturated heterocycles. The first-order valence-corrected chi connectivity index (χ1v) is 9.73. The summed E-state index contributed by atoms with van der Waals surface area (Å²) in [7, 11) is 1.26. The van der Waals surface area contributed by atoms with Gasteiger partial charge in [0, 0.05) is 17.3 Å². The van der Waals surface area contributed by atoms with Crippen LogP contribution in [-0.4, -0.2) is 12.1 Å². The number of aromatic nitrogens is 1. The number of hydrogen-bond acceptors (Lipinski definition) is 2. The fraction of sp³-hybridized carbons (Fsp3) is 0.522. The van der Waals surface area contributed by atoms with Crippen LogP contribution in [0.25, 0.3) is 11.1 Å². The lowest BCUT2D eigenvalue weighted by Crippen LogP contribution is -2.10. The maximum atomic E-state index is 14.0. The van der Waals surface area contributed by atoms with Gasteiger partial charge in [0.05, 0.1) is 12.7 Å². The van der Waals surface area contributed by atoms with Crippen LogP contribution in [0.4, 0.5) is 17.6 Å². The van der Waals surface area contributed by atoms with Crippen molar-refractivity contribution in [1.82, 2.24) is 4.98 Å². The van der Waals surface area contributed by atoms with E-state index < -0.39 is 17.7 Å². The standard InChI is InChI=1S/C16H15F4NO.C7H14/c1-8-5-11(15(17)21-7-8)14-10(3)9(2)12(16(18,19)20)6-13(14)22-4;1-4-7(3)5-6(7)2/h5-7H,1-4H3;6H,4-5H2,1-3H3. The van der Waals surface area contributed by atoms with Crippen LogP contribution in [0.3, 0.4) is 0 Å². The maximum Gasteiger partial charge on any atom is 0.416 e. The molecule has 0 amide bonds. The third kappa shape index (κ3) is 4.90. The number of ether oxygens (including phenoxy) is 1. The van der Waals surface area contributed by atoms with E-state index in [-0.39, 0.29) is 16.9 Å². The van der Waals surface area contributed by atoms with Gasteiger partial charge in [-0.15, -0.1) is 0 Å². The average molecular weight is 411 g/mol. The van der Waals surface area contributed by atoms with Gasteiger partial charge in [0.15, 0.2) is 0 Å². The zero-order valence-electron chi connectivity index (χ0n) is 18.1. The van der Waals surface area contributed by atoms with Gasteiger partial charge in [0.1, 0.15) is 5.75 Å². The molecule has 2 unspecified atom stereocenters. The Bertz CT molecular complexity index is 887. The normalized spacial score (nSPS) is 20.7. The number of nitrogens with zero attached hydrogens (tertiary/aromatic N) is 1. The second kappa shape index (κ2) is 8.33. The molecule has 0 aliphatic heterocycles. The molecular formula is C23H29F4NO. The van der Waals surface area contributed by atoms with Gasteiger partial charge in [-0.25, -0.2) is 4.98 Å². The SMILES string of the molecule is CCC1(C)CC1C.COc1cc(C(F)(F)F)c(C)c(C)c1-c1cc(C)cnc1F. The average Bonchev–Trinajstić information content (AvgIpc) is 3.26. The van der Waals surface area contributed by atoms with Crippen LogP contribution in [0.15, 0.2) is 18.3 Å². The number of halogens is 4. The molecule has 0 bridgehead atoms. The van der Waals surface area contributed by atoms with Gasteiger partial charge in [0.25, 0.3) is 0 Å². The van der Waals surface area contributed by atoms with Crippen LogP contribution in [0, 0.1) is 38.1 Å². The van der Waals surface area contributed by atoms with Crippen molar-refractivity contribution in [3.05, 3.63) is 46.5 Å². The fourth-order valence-corrected chi connectivity index (χ4v) is 3.54. The Balaban J connectivity index is 0.000000360. The third-order valence-corrected chi connectivity index (χ3v) is 6.24. The molecule has 2 aromatic rings. The molecule has 1 heterocycles. The van der Waals surface area contributed by atoms with Gasteiger partial charge in [-0.3, -0.25) is 0 Å². The Hall–Kier alpha value is -2.11. The summed E-state index contributed by atoms with van der Waals surface area (Å²) in [5.74, 6) is 0.241. The van der Waals surface area contributed by atoms with E-state index in [1.54, 1.807) is 13.0 Å². The molecule has 2 atom stereocenters. The number of alkyl halides is 3. The lowest BCUT2D eigenvalue weighted by atomic mass is 9.92. The monoisotopic (exact) mass is 411 g/mol. The number of methoxy groups -OCH3 is 1. The summed E-state index contributed by atoms with van der Waals surface area (Å²) < 4.78 is 58.3. The van der Waals surface area contributed by atoms with Crippen molar-refractivity contribution in [1.29, 1.82) is 0 Å². The molecule has 1 saturated carbocycles. The van der Waals surface area contributed by atoms with Crippen molar-refractivity contribution < 1.29 is 22.3 Å². The summed E-state index contributed by atoms with van der Waals surface area (Å²) in [6.45, 7) is 11.6. The predicted molar refractivity (Wildman–Crippen MR) is 108 cm³/mol. The minimum atomic E-state index is -4.50. The Kier molecular flexibility index (Phi) is 6.65. The first-order valence-electron chi connectivity index (χ1n) is 9.73. The van der Waals surface area contributed by atoms with Gasteiger partial charge in [-0.05, 0) is 67.3 Å². The quantitative estimate of drug-likeness (QED) is 0.391. The van der Waals surface area contributed by atoms with E-state index in [4.69, 9.17) is 4.74 Å². The van der Waals surface area contributed by atoms with Crippen molar-refractivity contribution in [2.24, 2.45) is 11.3 Å². The molecule has 1 aliphatic rings. The van der Waals surface area contributed by atoms with Crippen LogP contribution in [0.1, 0.15) is 55.9 Å². The fourth-order valence-electron chi connectivity index (χ4n) is 3.54. The van der Waals surface area contributed by atoms with Crippen LogP contribution in [0.2, 0.25) is 0 Å². The second-order valence-corrected chi connectivity index (χ2v) is 8.21. The summed E-state index contributed by atoms with van der Waals surface area (Å²) in [5, 5.41) is 0. The molecule has 160 valence electrons. The van der Waals surface area contributed by atoms with Gasteiger partial charge in [-0.2, -0.15) is 17.6 Å². The van der Waals surface area contributed by atoms with Gasteiger partial charge >= 0.3 is 6.18 Å². The van der Waals surface area contributed by atoms with Crippen LogP contribution in [-0.2, 0) is 6.18 Å². The Labute approximate surface area is 170 Å². The molecule has 0 N–H and O–H groups in total. The number of aryl methyl sites for hydroxylation is 1. The molecule has 1 aromatic carbocycles. The second-order valence-electron chi connectivity index (χ2n) is 8.21. The largest absolute Gasteiger partial charge is 0.496 e. The summed E-state index contributed by atoms with van der Waals surface area (Å²) in [4.78, 5) is 3.63. The highest BCUT2D eigenvalue weighted by Crippen LogP contribution is 2.54. The summed E-state index contributed by atoms with van der Waals surface area (Å²) in [6.07, 6.45) is -0.306. The first-order chi connectivity index (χ1) is 13.4. The van der Waals surface area contributed by atoms with Crippen molar-refractivity contribution in [2.45, 2.75) is 60.6 Å². The van der Waals surface area contributed by atoms with Gasteiger partial charge in [0.2, 0.25) is 5.95 Å². The molecule has 2 nitrogen and oxygen atoms in total. The number of rotatable bonds is 3. The van der Waals surface area contributed by atoms with E-state index in [0.29, 0.717) is 16.7 Å². The van der Waals surface area contributed by atoms with Crippen molar-refractivity contribution in [2.75, 3.05) is 7.11 Å². The summed E-state index contributed by atoms with van der Waals surface area (Å²) >= 11 is 0. The zero-order valence-corrected chi connectivity index (χ0v) is 18.1. The number of hydrogen-bond donors (Lipinski definition) is 0. The molecule has 0 radical (unpaired) electrons. The van der Waals surface area contributed by atoms with Gasteiger partial charge in [-0.1, -0.05) is 27.2 Å². The van der Waals surface area contributed by atoms with E-state index in [2.05, 4.69) is 25.8 Å². The number of benzene rings is 1. The van der Waals surface area contributed by atoms with E-state index in [1.807, 2.05) is 0 Å². The summed E-state index contributed by atoms with van der Waals surface area (Å²) in [5.41, 5.74) is 1.46.